The van der Waals surface area contributed by atoms with Gasteiger partial charge in [-0.05, 0) is 6.42 Å². The molecule has 0 saturated carbocycles. The van der Waals surface area contributed by atoms with E-state index in [9.17, 15) is 4.79 Å². The first-order valence-electron chi connectivity index (χ1n) is 8.21. The predicted molar refractivity (Wildman–Crippen MR) is 91.3 cm³/mol. The fourth-order valence-electron chi connectivity index (χ4n) is 2.10. The standard InChI is InChI=1S/C16H29N5O2/c1-6-13-12(14(7-2)23-21-13)10-20-16(17-5)19-9-8-18-15(22)11(3)4/h11H,6-10H2,1-5H3,(H,18,22)(H2,17,19,20). The van der Waals surface area contributed by atoms with Gasteiger partial charge in [-0.15, -0.1) is 0 Å². The fraction of sp³-hybridized carbons (Fsp3) is 0.688. The highest BCUT2D eigenvalue weighted by atomic mass is 16.5. The highest BCUT2D eigenvalue weighted by molar-refractivity contribution is 5.80. The summed E-state index contributed by atoms with van der Waals surface area (Å²) in [5, 5.41) is 13.4. The van der Waals surface area contributed by atoms with Crippen molar-refractivity contribution in [3.63, 3.8) is 0 Å². The molecule has 1 amide bonds. The molecule has 1 heterocycles. The third kappa shape index (κ3) is 5.92. The number of aryl methyl sites for hydroxylation is 2. The van der Waals surface area contributed by atoms with E-state index < -0.39 is 0 Å². The van der Waals surface area contributed by atoms with Gasteiger partial charge in [-0.25, -0.2) is 0 Å². The van der Waals surface area contributed by atoms with E-state index in [1.54, 1.807) is 7.05 Å². The van der Waals surface area contributed by atoms with Crippen LogP contribution in [0.15, 0.2) is 9.52 Å². The molecule has 0 aromatic carbocycles. The average molecular weight is 323 g/mol. The van der Waals surface area contributed by atoms with Crippen molar-refractivity contribution in [1.82, 2.24) is 21.1 Å². The lowest BCUT2D eigenvalue weighted by Gasteiger charge is -2.13. The number of aliphatic imine (C=N–C) groups is 1. The zero-order chi connectivity index (χ0) is 17.2. The Morgan fingerprint density at radius 2 is 1.87 bits per heavy atom. The quantitative estimate of drug-likeness (QED) is 0.380. The molecule has 0 radical (unpaired) electrons. The fourth-order valence-corrected chi connectivity index (χ4v) is 2.10. The van der Waals surface area contributed by atoms with E-state index in [-0.39, 0.29) is 11.8 Å². The molecule has 1 aromatic rings. The third-order valence-electron chi connectivity index (χ3n) is 3.50. The highest BCUT2D eigenvalue weighted by Crippen LogP contribution is 2.15. The highest BCUT2D eigenvalue weighted by Gasteiger charge is 2.13. The van der Waals surface area contributed by atoms with Crippen molar-refractivity contribution in [2.24, 2.45) is 10.9 Å². The maximum Gasteiger partial charge on any atom is 0.222 e. The molecule has 0 fully saturated rings. The molecule has 1 rings (SSSR count). The Hall–Kier alpha value is -2.05. The second-order valence-electron chi connectivity index (χ2n) is 5.54. The number of hydrogen-bond acceptors (Lipinski definition) is 4. The molecule has 0 unspecified atom stereocenters. The van der Waals surface area contributed by atoms with Crippen LogP contribution >= 0.6 is 0 Å². The van der Waals surface area contributed by atoms with E-state index in [2.05, 4.69) is 33.0 Å². The minimum Gasteiger partial charge on any atom is -0.361 e. The molecular formula is C16H29N5O2. The summed E-state index contributed by atoms with van der Waals surface area (Å²) in [4.78, 5) is 15.7. The van der Waals surface area contributed by atoms with Crippen molar-refractivity contribution in [1.29, 1.82) is 0 Å². The molecule has 0 spiro atoms. The Kier molecular flexibility index (Phi) is 8.15. The van der Waals surface area contributed by atoms with Crippen LogP contribution in [-0.2, 0) is 24.2 Å². The maximum absolute atomic E-state index is 11.5. The number of nitrogens with one attached hydrogen (secondary N) is 3. The summed E-state index contributed by atoms with van der Waals surface area (Å²) in [6.07, 6.45) is 1.66. The summed E-state index contributed by atoms with van der Waals surface area (Å²) in [6, 6.07) is 0. The van der Waals surface area contributed by atoms with Gasteiger partial charge in [-0.2, -0.15) is 0 Å². The van der Waals surface area contributed by atoms with Gasteiger partial charge in [0, 0.05) is 44.6 Å². The Labute approximate surface area is 138 Å². The van der Waals surface area contributed by atoms with Crippen molar-refractivity contribution in [2.75, 3.05) is 20.1 Å². The topological polar surface area (TPSA) is 91.6 Å². The van der Waals surface area contributed by atoms with Crippen LogP contribution in [0.25, 0.3) is 0 Å². The summed E-state index contributed by atoms with van der Waals surface area (Å²) >= 11 is 0. The van der Waals surface area contributed by atoms with Crippen LogP contribution in [0.4, 0.5) is 0 Å². The molecule has 0 saturated heterocycles. The lowest BCUT2D eigenvalue weighted by molar-refractivity contribution is -0.123. The number of rotatable bonds is 8. The summed E-state index contributed by atoms with van der Waals surface area (Å²) in [6.45, 7) is 9.65. The van der Waals surface area contributed by atoms with Crippen molar-refractivity contribution in [3.05, 3.63) is 17.0 Å². The van der Waals surface area contributed by atoms with Gasteiger partial charge in [0.15, 0.2) is 5.96 Å². The summed E-state index contributed by atoms with van der Waals surface area (Å²) in [7, 11) is 1.72. The smallest absolute Gasteiger partial charge is 0.222 e. The largest absolute Gasteiger partial charge is 0.361 e. The Bertz CT molecular complexity index is 501. The first-order valence-corrected chi connectivity index (χ1v) is 8.21. The zero-order valence-corrected chi connectivity index (χ0v) is 14.8. The number of aromatic nitrogens is 1. The lowest BCUT2D eigenvalue weighted by Crippen LogP contribution is -2.42. The lowest BCUT2D eigenvalue weighted by atomic mass is 10.1. The number of nitrogens with zero attached hydrogens (tertiary/aromatic N) is 2. The number of amides is 1. The zero-order valence-electron chi connectivity index (χ0n) is 14.8. The molecule has 1 aromatic heterocycles. The second-order valence-corrected chi connectivity index (χ2v) is 5.54. The van der Waals surface area contributed by atoms with E-state index in [1.165, 1.54) is 0 Å². The first-order chi connectivity index (χ1) is 11.0. The molecule has 0 aliphatic rings. The SMILES string of the molecule is CCc1noc(CC)c1CNC(=NC)NCCNC(=O)C(C)C. The third-order valence-corrected chi connectivity index (χ3v) is 3.50. The molecule has 0 atom stereocenters. The van der Waals surface area contributed by atoms with E-state index in [0.717, 1.165) is 29.9 Å². The summed E-state index contributed by atoms with van der Waals surface area (Å²) in [5.74, 6) is 1.66. The van der Waals surface area contributed by atoms with Crippen LogP contribution in [0.1, 0.15) is 44.7 Å². The van der Waals surface area contributed by atoms with Crippen LogP contribution in [-0.4, -0.2) is 37.2 Å². The first kappa shape index (κ1) is 19.0. The monoisotopic (exact) mass is 323 g/mol. The van der Waals surface area contributed by atoms with Gasteiger partial charge < -0.3 is 20.5 Å². The number of guanidine groups is 1. The van der Waals surface area contributed by atoms with Gasteiger partial charge in [0.2, 0.25) is 5.91 Å². The number of carbonyl (C=O) groups excluding carboxylic acids is 1. The van der Waals surface area contributed by atoms with Crippen LogP contribution in [0.2, 0.25) is 0 Å². The van der Waals surface area contributed by atoms with Crippen LogP contribution in [0.3, 0.4) is 0 Å². The molecule has 7 nitrogen and oxygen atoms in total. The summed E-state index contributed by atoms with van der Waals surface area (Å²) in [5.41, 5.74) is 2.08. The van der Waals surface area contributed by atoms with Crippen molar-refractivity contribution in [2.45, 2.75) is 47.1 Å². The molecule has 23 heavy (non-hydrogen) atoms. The Morgan fingerprint density at radius 1 is 1.17 bits per heavy atom. The van der Waals surface area contributed by atoms with Crippen molar-refractivity contribution >= 4 is 11.9 Å². The van der Waals surface area contributed by atoms with Crippen LogP contribution < -0.4 is 16.0 Å². The van der Waals surface area contributed by atoms with Gasteiger partial charge in [0.25, 0.3) is 0 Å². The minimum atomic E-state index is 0.000887. The molecular weight excluding hydrogens is 294 g/mol. The maximum atomic E-state index is 11.5. The average Bonchev–Trinajstić information content (AvgIpc) is 2.95. The molecule has 0 bridgehead atoms. The van der Waals surface area contributed by atoms with Crippen LogP contribution in [0.5, 0.6) is 0 Å². The Balaban J connectivity index is 2.43. The van der Waals surface area contributed by atoms with Crippen molar-refractivity contribution in [3.8, 4) is 0 Å². The van der Waals surface area contributed by atoms with Gasteiger partial charge in [0.1, 0.15) is 5.76 Å². The number of carbonyl (C=O) groups is 1. The predicted octanol–water partition coefficient (Wildman–Crippen LogP) is 1.24. The Morgan fingerprint density at radius 3 is 2.43 bits per heavy atom. The van der Waals surface area contributed by atoms with E-state index >= 15 is 0 Å². The molecule has 130 valence electrons. The molecule has 0 aliphatic heterocycles. The van der Waals surface area contributed by atoms with Crippen LogP contribution in [0, 0.1) is 5.92 Å². The minimum absolute atomic E-state index is 0.000887. The normalized spacial score (nSPS) is 11.7. The molecule has 0 aliphatic carbocycles. The molecule has 3 N–H and O–H groups in total. The van der Waals surface area contributed by atoms with Gasteiger partial charge in [0.05, 0.1) is 5.69 Å². The van der Waals surface area contributed by atoms with Gasteiger partial charge in [-0.1, -0.05) is 32.9 Å². The number of hydrogen-bond donors (Lipinski definition) is 3. The second kappa shape index (κ2) is 9.86. The van der Waals surface area contributed by atoms with E-state index in [0.29, 0.717) is 25.6 Å². The molecule has 7 heteroatoms. The van der Waals surface area contributed by atoms with E-state index in [4.69, 9.17) is 4.52 Å². The summed E-state index contributed by atoms with van der Waals surface area (Å²) < 4.78 is 5.35. The van der Waals surface area contributed by atoms with Gasteiger partial charge >= 0.3 is 0 Å². The van der Waals surface area contributed by atoms with E-state index in [1.807, 2.05) is 20.8 Å². The van der Waals surface area contributed by atoms with Crippen molar-refractivity contribution < 1.29 is 9.32 Å². The van der Waals surface area contributed by atoms with Gasteiger partial charge in [-0.3, -0.25) is 9.79 Å².